The van der Waals surface area contributed by atoms with Crippen LogP contribution in [0.3, 0.4) is 0 Å². The molecule has 0 saturated heterocycles. The molecule has 6 heteroatoms. The van der Waals surface area contributed by atoms with Crippen molar-refractivity contribution in [2.24, 2.45) is 0 Å². The Hall–Kier alpha value is -1.75. The maximum absolute atomic E-state index is 10.8. The summed E-state index contributed by atoms with van der Waals surface area (Å²) in [6.45, 7) is 1.66. The molecule has 1 atom stereocenters. The van der Waals surface area contributed by atoms with Crippen molar-refractivity contribution in [2.75, 3.05) is 0 Å². The molecule has 17 heavy (non-hydrogen) atoms. The molecule has 0 fully saturated rings. The van der Waals surface area contributed by atoms with Crippen LogP contribution in [0.25, 0.3) is 0 Å². The third kappa shape index (κ3) is 3.35. The van der Waals surface area contributed by atoms with Gasteiger partial charge in [0.25, 0.3) is 0 Å². The average Bonchev–Trinajstić information content (AvgIpc) is 2.26. The third-order valence-electron chi connectivity index (χ3n) is 2.09. The lowest BCUT2D eigenvalue weighted by atomic mass is 10.2. The Kier molecular flexibility index (Phi) is 4.34. The van der Waals surface area contributed by atoms with Crippen molar-refractivity contribution in [3.05, 3.63) is 28.8 Å². The summed E-state index contributed by atoms with van der Waals surface area (Å²) in [5.74, 6) is -2.04. The Labute approximate surface area is 103 Å². The van der Waals surface area contributed by atoms with Crippen molar-refractivity contribution >= 4 is 23.5 Å². The van der Waals surface area contributed by atoms with Crippen molar-refractivity contribution in [2.45, 2.75) is 19.4 Å². The van der Waals surface area contributed by atoms with Gasteiger partial charge < -0.3 is 14.9 Å². The van der Waals surface area contributed by atoms with Gasteiger partial charge in [-0.05, 0) is 24.6 Å². The fraction of sp³-hybridized carbons (Fsp3) is 0.273. The fourth-order valence-corrected chi connectivity index (χ4v) is 1.42. The van der Waals surface area contributed by atoms with E-state index >= 15 is 0 Å². The maximum Gasteiger partial charge on any atom is 0.344 e. The monoisotopic (exact) mass is 258 g/mol. The molecule has 5 nitrogen and oxygen atoms in total. The summed E-state index contributed by atoms with van der Waals surface area (Å²) in [5, 5.41) is 17.6. The van der Waals surface area contributed by atoms with Crippen LogP contribution < -0.4 is 4.74 Å². The van der Waals surface area contributed by atoms with Crippen molar-refractivity contribution in [3.8, 4) is 5.75 Å². The first-order chi connectivity index (χ1) is 7.95. The molecule has 0 aliphatic heterocycles. The number of rotatable bonds is 5. The van der Waals surface area contributed by atoms with Crippen LogP contribution in [-0.2, 0) is 4.79 Å². The molecule has 1 unspecified atom stereocenters. The number of aromatic carboxylic acids is 1. The number of halogens is 1. The minimum atomic E-state index is -1.11. The Morgan fingerprint density at radius 2 is 2.06 bits per heavy atom. The van der Waals surface area contributed by atoms with Gasteiger partial charge in [-0.1, -0.05) is 18.5 Å². The van der Waals surface area contributed by atoms with Crippen LogP contribution in [0.4, 0.5) is 0 Å². The number of carboxylic acids is 2. The lowest BCUT2D eigenvalue weighted by Gasteiger charge is -2.14. The van der Waals surface area contributed by atoms with Crippen LogP contribution in [0, 0.1) is 0 Å². The molecule has 2 N–H and O–H groups in total. The summed E-state index contributed by atoms with van der Waals surface area (Å²) in [5.41, 5.74) is 0.0192. The van der Waals surface area contributed by atoms with E-state index in [1.807, 2.05) is 0 Å². The second-order valence-corrected chi connectivity index (χ2v) is 3.71. The smallest absolute Gasteiger partial charge is 0.344 e. The van der Waals surface area contributed by atoms with Gasteiger partial charge in [-0.2, -0.15) is 0 Å². The minimum Gasteiger partial charge on any atom is -0.479 e. The van der Waals surface area contributed by atoms with E-state index in [-0.39, 0.29) is 22.8 Å². The molecule has 0 heterocycles. The maximum atomic E-state index is 10.8. The molecular weight excluding hydrogens is 248 g/mol. The van der Waals surface area contributed by atoms with Gasteiger partial charge in [0.05, 0.1) is 10.6 Å². The van der Waals surface area contributed by atoms with Crippen LogP contribution in [0.5, 0.6) is 5.75 Å². The summed E-state index contributed by atoms with van der Waals surface area (Å²) in [6, 6.07) is 3.86. The van der Waals surface area contributed by atoms with Gasteiger partial charge in [-0.15, -0.1) is 0 Å². The number of carbonyl (C=O) groups is 2. The van der Waals surface area contributed by atoms with E-state index < -0.39 is 18.0 Å². The number of ether oxygens (including phenoxy) is 1. The van der Waals surface area contributed by atoms with E-state index in [1.54, 1.807) is 6.92 Å². The summed E-state index contributed by atoms with van der Waals surface area (Å²) < 4.78 is 5.17. The zero-order valence-electron chi connectivity index (χ0n) is 9.01. The Balaban J connectivity index is 2.93. The second-order valence-electron chi connectivity index (χ2n) is 3.30. The van der Waals surface area contributed by atoms with Crippen LogP contribution in [0.15, 0.2) is 18.2 Å². The number of hydrogen-bond acceptors (Lipinski definition) is 3. The van der Waals surface area contributed by atoms with Crippen molar-refractivity contribution < 1.29 is 24.5 Å². The summed E-state index contributed by atoms with van der Waals surface area (Å²) in [7, 11) is 0. The van der Waals surface area contributed by atoms with Crippen LogP contribution in [0.1, 0.15) is 23.7 Å². The molecule has 1 aromatic carbocycles. The average molecular weight is 259 g/mol. The van der Waals surface area contributed by atoms with Gasteiger partial charge in [0.15, 0.2) is 6.10 Å². The van der Waals surface area contributed by atoms with Gasteiger partial charge in [0.2, 0.25) is 0 Å². The SMILES string of the molecule is CCC(Oc1ccc(C(=O)O)cc1Cl)C(=O)O. The highest BCUT2D eigenvalue weighted by Gasteiger charge is 2.18. The molecule has 92 valence electrons. The minimum absolute atomic E-state index is 0.0192. The molecular formula is C11H11ClO5. The molecule has 1 rings (SSSR count). The van der Waals surface area contributed by atoms with Gasteiger partial charge in [0, 0.05) is 0 Å². The van der Waals surface area contributed by atoms with E-state index in [0.29, 0.717) is 0 Å². The first kappa shape index (κ1) is 13.3. The van der Waals surface area contributed by atoms with E-state index in [2.05, 4.69) is 0 Å². The van der Waals surface area contributed by atoms with Crippen molar-refractivity contribution in [3.63, 3.8) is 0 Å². The molecule has 0 bridgehead atoms. The molecule has 0 aliphatic carbocycles. The molecule has 0 aromatic heterocycles. The fourth-order valence-electron chi connectivity index (χ4n) is 1.19. The molecule has 0 saturated carbocycles. The normalized spacial score (nSPS) is 11.9. The van der Waals surface area contributed by atoms with E-state index in [1.165, 1.54) is 18.2 Å². The summed E-state index contributed by atoms with van der Waals surface area (Å²) in [4.78, 5) is 21.4. The molecule has 1 aromatic rings. The largest absolute Gasteiger partial charge is 0.479 e. The molecule has 0 spiro atoms. The number of aliphatic carboxylic acids is 1. The number of hydrogen-bond donors (Lipinski definition) is 2. The number of carboxylic acid groups (broad SMARTS) is 2. The second kappa shape index (κ2) is 5.54. The van der Waals surface area contributed by atoms with Crippen molar-refractivity contribution in [1.82, 2.24) is 0 Å². The predicted octanol–water partition coefficient (Wildman–Crippen LogP) is 2.28. The van der Waals surface area contributed by atoms with Crippen LogP contribution in [-0.4, -0.2) is 28.3 Å². The highest BCUT2D eigenvalue weighted by molar-refractivity contribution is 6.32. The number of benzene rings is 1. The lowest BCUT2D eigenvalue weighted by molar-refractivity contribution is -0.145. The highest BCUT2D eigenvalue weighted by atomic mass is 35.5. The molecule has 0 amide bonds. The van der Waals surface area contributed by atoms with E-state index in [0.717, 1.165) is 0 Å². The summed E-state index contributed by atoms with van der Waals surface area (Å²) >= 11 is 5.80. The Morgan fingerprint density at radius 3 is 2.47 bits per heavy atom. The zero-order chi connectivity index (χ0) is 13.0. The first-order valence-electron chi connectivity index (χ1n) is 4.88. The topological polar surface area (TPSA) is 83.8 Å². The van der Waals surface area contributed by atoms with Gasteiger partial charge in [-0.3, -0.25) is 0 Å². The molecule has 0 aliphatic rings. The van der Waals surface area contributed by atoms with Crippen LogP contribution >= 0.6 is 11.6 Å². The summed E-state index contributed by atoms with van der Waals surface area (Å²) in [6.07, 6.45) is -0.713. The van der Waals surface area contributed by atoms with Crippen molar-refractivity contribution in [1.29, 1.82) is 0 Å². The quantitative estimate of drug-likeness (QED) is 0.846. The standard InChI is InChI=1S/C11H11ClO5/c1-2-8(11(15)16)17-9-4-3-6(10(13)14)5-7(9)12/h3-5,8H,2H2,1H3,(H,13,14)(H,15,16). The first-order valence-corrected chi connectivity index (χ1v) is 5.25. The Morgan fingerprint density at radius 1 is 1.41 bits per heavy atom. The molecule has 0 radical (unpaired) electrons. The van der Waals surface area contributed by atoms with Gasteiger partial charge in [-0.25, -0.2) is 9.59 Å². The predicted molar refractivity (Wildman–Crippen MR) is 60.8 cm³/mol. The third-order valence-corrected chi connectivity index (χ3v) is 2.39. The highest BCUT2D eigenvalue weighted by Crippen LogP contribution is 2.26. The van der Waals surface area contributed by atoms with E-state index in [9.17, 15) is 9.59 Å². The van der Waals surface area contributed by atoms with E-state index in [4.69, 9.17) is 26.6 Å². The van der Waals surface area contributed by atoms with Gasteiger partial charge in [0.1, 0.15) is 5.75 Å². The van der Waals surface area contributed by atoms with Gasteiger partial charge >= 0.3 is 11.9 Å². The van der Waals surface area contributed by atoms with Crippen LogP contribution in [0.2, 0.25) is 5.02 Å². The zero-order valence-corrected chi connectivity index (χ0v) is 9.77. The lowest BCUT2D eigenvalue weighted by Crippen LogP contribution is -2.26. The Bertz CT molecular complexity index is 443.